The summed E-state index contributed by atoms with van der Waals surface area (Å²) >= 11 is 6.52. The van der Waals surface area contributed by atoms with E-state index in [-0.39, 0.29) is 4.90 Å². The van der Waals surface area contributed by atoms with E-state index in [0.717, 1.165) is 9.87 Å². The van der Waals surface area contributed by atoms with Gasteiger partial charge in [-0.3, -0.25) is 4.79 Å². The summed E-state index contributed by atoms with van der Waals surface area (Å²) in [6, 6.07) is 2.70. The average molecular weight is 429 g/mol. The van der Waals surface area contributed by atoms with Crippen molar-refractivity contribution in [1.29, 1.82) is 0 Å². The number of sulfonamides is 1. The number of carbonyl (C=O) groups is 1. The highest BCUT2D eigenvalue weighted by Gasteiger charge is 2.31. The van der Waals surface area contributed by atoms with E-state index in [0.29, 0.717) is 8.95 Å². The van der Waals surface area contributed by atoms with Gasteiger partial charge in [-0.2, -0.15) is 4.31 Å². The number of benzene rings is 1. The predicted octanol–water partition coefficient (Wildman–Crippen LogP) is 3.00. The van der Waals surface area contributed by atoms with Crippen molar-refractivity contribution in [3.63, 3.8) is 0 Å². The van der Waals surface area contributed by atoms with Crippen molar-refractivity contribution < 1.29 is 18.3 Å². The SMILES string of the molecule is Cc1cc(Br)c(S(=O)(=O)N(CC(=O)O)C(C)C)cc1Br. The summed E-state index contributed by atoms with van der Waals surface area (Å²) in [5, 5.41) is 8.88. The van der Waals surface area contributed by atoms with Gasteiger partial charge in [0, 0.05) is 15.0 Å². The molecule has 1 rings (SSSR count). The molecular formula is C12H15Br2NO4S. The zero-order valence-corrected chi connectivity index (χ0v) is 15.2. The lowest BCUT2D eigenvalue weighted by molar-refractivity contribution is -0.137. The number of hydrogen-bond acceptors (Lipinski definition) is 3. The lowest BCUT2D eigenvalue weighted by Crippen LogP contribution is -2.40. The minimum atomic E-state index is -3.89. The Bertz CT molecular complexity index is 629. The third-order valence-electron chi connectivity index (χ3n) is 2.67. The Morgan fingerprint density at radius 2 is 1.85 bits per heavy atom. The van der Waals surface area contributed by atoms with Crippen LogP contribution in [-0.4, -0.2) is 36.4 Å². The molecule has 0 aliphatic heterocycles. The highest BCUT2D eigenvalue weighted by Crippen LogP contribution is 2.31. The average Bonchev–Trinajstić information content (AvgIpc) is 2.29. The normalized spacial score (nSPS) is 12.2. The molecule has 112 valence electrons. The van der Waals surface area contributed by atoms with Crippen LogP contribution in [0, 0.1) is 6.92 Å². The second-order valence-corrected chi connectivity index (χ2v) is 8.14. The van der Waals surface area contributed by atoms with E-state index < -0.39 is 28.6 Å². The summed E-state index contributed by atoms with van der Waals surface area (Å²) < 4.78 is 27.2. The van der Waals surface area contributed by atoms with Crippen molar-refractivity contribution in [2.75, 3.05) is 6.54 Å². The van der Waals surface area contributed by atoms with Crippen LogP contribution >= 0.6 is 31.9 Å². The Balaban J connectivity index is 3.41. The maximum absolute atomic E-state index is 12.6. The van der Waals surface area contributed by atoms with Crippen LogP contribution in [0.2, 0.25) is 0 Å². The fraction of sp³-hybridized carbons (Fsp3) is 0.417. The molecule has 1 aromatic rings. The summed E-state index contributed by atoms with van der Waals surface area (Å²) in [5.74, 6) is -1.19. The quantitative estimate of drug-likeness (QED) is 0.782. The molecule has 0 unspecified atom stereocenters. The summed E-state index contributed by atoms with van der Waals surface area (Å²) in [5.41, 5.74) is 0.880. The second-order valence-electron chi connectivity index (χ2n) is 4.57. The molecule has 1 N–H and O–H groups in total. The van der Waals surface area contributed by atoms with Crippen molar-refractivity contribution in [1.82, 2.24) is 4.31 Å². The molecule has 0 fully saturated rings. The van der Waals surface area contributed by atoms with E-state index in [2.05, 4.69) is 31.9 Å². The molecule has 0 saturated carbocycles. The van der Waals surface area contributed by atoms with E-state index in [1.54, 1.807) is 19.9 Å². The molecule has 0 atom stereocenters. The van der Waals surface area contributed by atoms with Gasteiger partial charge in [0.1, 0.15) is 6.54 Å². The van der Waals surface area contributed by atoms with Crippen LogP contribution < -0.4 is 0 Å². The molecule has 0 radical (unpaired) electrons. The molecule has 0 amide bonds. The number of carboxylic acid groups (broad SMARTS) is 1. The third kappa shape index (κ3) is 3.81. The van der Waals surface area contributed by atoms with Crippen molar-refractivity contribution in [2.24, 2.45) is 0 Å². The molecule has 0 saturated heterocycles. The first-order chi connectivity index (χ1) is 9.07. The minimum Gasteiger partial charge on any atom is -0.480 e. The van der Waals surface area contributed by atoms with Gasteiger partial charge >= 0.3 is 5.97 Å². The first-order valence-electron chi connectivity index (χ1n) is 5.76. The summed E-state index contributed by atoms with van der Waals surface area (Å²) in [6.45, 7) is 4.54. The number of rotatable bonds is 5. The Labute approximate surface area is 135 Å². The van der Waals surface area contributed by atoms with Gasteiger partial charge in [-0.25, -0.2) is 8.42 Å². The van der Waals surface area contributed by atoms with Gasteiger partial charge in [-0.15, -0.1) is 0 Å². The lowest BCUT2D eigenvalue weighted by atomic mass is 10.2. The molecule has 0 heterocycles. The first-order valence-corrected chi connectivity index (χ1v) is 8.79. The van der Waals surface area contributed by atoms with Crippen LogP contribution in [0.3, 0.4) is 0 Å². The van der Waals surface area contributed by atoms with Crippen LogP contribution in [0.25, 0.3) is 0 Å². The maximum Gasteiger partial charge on any atom is 0.318 e. The zero-order chi connectivity index (χ0) is 15.7. The van der Waals surface area contributed by atoms with Crippen LogP contribution in [0.5, 0.6) is 0 Å². The largest absolute Gasteiger partial charge is 0.480 e. The van der Waals surface area contributed by atoms with Crippen molar-refractivity contribution >= 4 is 47.9 Å². The molecular weight excluding hydrogens is 414 g/mol. The zero-order valence-electron chi connectivity index (χ0n) is 11.2. The monoisotopic (exact) mass is 427 g/mol. The number of halogens is 2. The van der Waals surface area contributed by atoms with E-state index in [1.807, 2.05) is 6.92 Å². The Morgan fingerprint density at radius 1 is 1.30 bits per heavy atom. The molecule has 0 aliphatic carbocycles. The number of aliphatic carboxylic acids is 1. The smallest absolute Gasteiger partial charge is 0.318 e. The lowest BCUT2D eigenvalue weighted by Gasteiger charge is -2.25. The van der Waals surface area contributed by atoms with Crippen molar-refractivity contribution in [3.8, 4) is 0 Å². The minimum absolute atomic E-state index is 0.0462. The fourth-order valence-electron chi connectivity index (χ4n) is 1.63. The maximum atomic E-state index is 12.6. The predicted molar refractivity (Wildman–Crippen MR) is 83.2 cm³/mol. The number of nitrogens with zero attached hydrogens (tertiary/aromatic N) is 1. The van der Waals surface area contributed by atoms with Gasteiger partial charge < -0.3 is 5.11 Å². The van der Waals surface area contributed by atoms with E-state index in [4.69, 9.17) is 5.11 Å². The molecule has 0 bridgehead atoms. The molecule has 20 heavy (non-hydrogen) atoms. The molecule has 0 aliphatic rings. The molecule has 1 aromatic carbocycles. The topological polar surface area (TPSA) is 74.7 Å². The van der Waals surface area contributed by atoms with E-state index in [1.165, 1.54) is 6.07 Å². The fourth-order valence-corrected chi connectivity index (χ4v) is 4.86. The second kappa shape index (κ2) is 6.55. The van der Waals surface area contributed by atoms with Gasteiger partial charge in [0.05, 0.1) is 4.90 Å². The van der Waals surface area contributed by atoms with Gasteiger partial charge in [-0.1, -0.05) is 15.9 Å². The van der Waals surface area contributed by atoms with Crippen LogP contribution in [0.15, 0.2) is 26.0 Å². The number of aryl methyl sites for hydroxylation is 1. The molecule has 0 aromatic heterocycles. The van der Waals surface area contributed by atoms with Crippen LogP contribution in [0.1, 0.15) is 19.4 Å². The molecule has 5 nitrogen and oxygen atoms in total. The van der Waals surface area contributed by atoms with Gasteiger partial charge in [0.25, 0.3) is 0 Å². The van der Waals surface area contributed by atoms with E-state index in [9.17, 15) is 13.2 Å². The van der Waals surface area contributed by atoms with Crippen LogP contribution in [-0.2, 0) is 14.8 Å². The van der Waals surface area contributed by atoms with Crippen molar-refractivity contribution in [3.05, 3.63) is 26.6 Å². The number of carboxylic acids is 1. The van der Waals surface area contributed by atoms with Gasteiger partial charge in [0.15, 0.2) is 0 Å². The van der Waals surface area contributed by atoms with Gasteiger partial charge in [-0.05, 0) is 54.4 Å². The first kappa shape index (κ1) is 17.6. The van der Waals surface area contributed by atoms with Gasteiger partial charge in [0.2, 0.25) is 10.0 Å². The van der Waals surface area contributed by atoms with E-state index >= 15 is 0 Å². The summed E-state index contributed by atoms with van der Waals surface area (Å²) in [6.07, 6.45) is 0. The summed E-state index contributed by atoms with van der Waals surface area (Å²) in [7, 11) is -3.89. The Kier molecular flexibility index (Phi) is 5.77. The Morgan fingerprint density at radius 3 is 2.30 bits per heavy atom. The number of hydrogen-bond donors (Lipinski definition) is 1. The highest BCUT2D eigenvalue weighted by atomic mass is 79.9. The molecule has 0 spiro atoms. The third-order valence-corrected chi connectivity index (χ3v) is 6.50. The Hall–Kier alpha value is -0.440. The van der Waals surface area contributed by atoms with Crippen molar-refractivity contribution in [2.45, 2.75) is 31.7 Å². The standard InChI is InChI=1S/C12H15Br2NO4S/c1-7(2)15(6-12(16)17)20(18,19)11-5-9(13)8(3)4-10(11)14/h4-5,7H,6H2,1-3H3,(H,16,17). The van der Waals surface area contributed by atoms with Crippen LogP contribution in [0.4, 0.5) is 0 Å². The summed E-state index contributed by atoms with van der Waals surface area (Å²) in [4.78, 5) is 10.9. The molecule has 8 heteroatoms. The highest BCUT2D eigenvalue weighted by molar-refractivity contribution is 9.11.